The molecule has 0 aromatic heterocycles. The third kappa shape index (κ3) is 3.50. The van der Waals surface area contributed by atoms with Crippen LogP contribution in [0.2, 0.25) is 0 Å². The standard InChI is InChI=1S/C6H6O3S.C2H6/c7-10(8,9)6-4-2-1-3-5-6;1-2/h1-5H,(H,7,8,9);1-2H3. The van der Waals surface area contributed by atoms with Crippen molar-refractivity contribution in [1.29, 1.82) is 0 Å². The first-order valence-corrected chi connectivity index (χ1v) is 5.07. The van der Waals surface area contributed by atoms with Gasteiger partial charge >= 0.3 is 0 Å². The van der Waals surface area contributed by atoms with E-state index in [0.717, 1.165) is 0 Å². The molecule has 0 aliphatic carbocycles. The molecule has 0 aliphatic rings. The minimum absolute atomic E-state index is 0.0741. The first-order valence-electron chi connectivity index (χ1n) is 3.63. The van der Waals surface area contributed by atoms with Crippen LogP contribution in [0.25, 0.3) is 0 Å². The van der Waals surface area contributed by atoms with Crippen molar-refractivity contribution >= 4 is 10.1 Å². The molecule has 1 rings (SSSR count). The van der Waals surface area contributed by atoms with E-state index in [1.807, 2.05) is 13.8 Å². The summed E-state index contributed by atoms with van der Waals surface area (Å²) in [5.41, 5.74) is 0. The summed E-state index contributed by atoms with van der Waals surface area (Å²) >= 11 is 0. The Labute approximate surface area is 72.8 Å². The molecule has 12 heavy (non-hydrogen) atoms. The molecule has 0 saturated carbocycles. The third-order valence-corrected chi connectivity index (χ3v) is 1.91. The van der Waals surface area contributed by atoms with Gasteiger partial charge in [0.05, 0.1) is 4.90 Å². The number of benzene rings is 1. The fourth-order valence-corrected chi connectivity index (χ4v) is 1.09. The molecule has 0 heterocycles. The van der Waals surface area contributed by atoms with Crippen LogP contribution in [0.1, 0.15) is 13.8 Å². The first kappa shape index (κ1) is 11.1. The summed E-state index contributed by atoms with van der Waals surface area (Å²) in [6, 6.07) is 7.42. The lowest BCUT2D eigenvalue weighted by Crippen LogP contribution is -1.96. The first-order chi connectivity index (χ1) is 5.61. The Kier molecular flexibility index (Phi) is 4.54. The van der Waals surface area contributed by atoms with Crippen LogP contribution in [-0.4, -0.2) is 13.0 Å². The minimum Gasteiger partial charge on any atom is -0.282 e. The van der Waals surface area contributed by atoms with E-state index in [0.29, 0.717) is 0 Å². The highest BCUT2D eigenvalue weighted by Gasteiger charge is 2.05. The van der Waals surface area contributed by atoms with Gasteiger partial charge < -0.3 is 0 Å². The van der Waals surface area contributed by atoms with Gasteiger partial charge in [-0.05, 0) is 12.1 Å². The maximum atomic E-state index is 10.4. The Balaban J connectivity index is 0.000000561. The molecule has 1 N–H and O–H groups in total. The molecule has 0 bridgehead atoms. The normalized spacial score (nSPS) is 9.92. The summed E-state index contributed by atoms with van der Waals surface area (Å²) in [4.78, 5) is -0.0741. The van der Waals surface area contributed by atoms with Crippen molar-refractivity contribution in [1.82, 2.24) is 0 Å². The summed E-state index contributed by atoms with van der Waals surface area (Å²) in [6.07, 6.45) is 0. The molecule has 0 atom stereocenters. The zero-order valence-electron chi connectivity index (χ0n) is 7.06. The highest BCUT2D eigenvalue weighted by molar-refractivity contribution is 7.85. The second-order valence-electron chi connectivity index (χ2n) is 1.79. The lowest BCUT2D eigenvalue weighted by Gasteiger charge is -1.92. The summed E-state index contributed by atoms with van der Waals surface area (Å²) in [7, 11) is -4.00. The molecule has 0 aliphatic heterocycles. The summed E-state index contributed by atoms with van der Waals surface area (Å²) in [5.74, 6) is 0. The van der Waals surface area contributed by atoms with Crippen molar-refractivity contribution < 1.29 is 13.0 Å². The topological polar surface area (TPSA) is 54.4 Å². The lowest BCUT2D eigenvalue weighted by molar-refractivity contribution is 0.483. The second kappa shape index (κ2) is 4.90. The average Bonchev–Trinajstić information content (AvgIpc) is 2.08. The maximum Gasteiger partial charge on any atom is 0.294 e. The van der Waals surface area contributed by atoms with E-state index in [1.54, 1.807) is 18.2 Å². The van der Waals surface area contributed by atoms with Crippen molar-refractivity contribution in [3.63, 3.8) is 0 Å². The molecule has 0 spiro atoms. The predicted octanol–water partition coefficient (Wildman–Crippen LogP) is 1.96. The molecule has 0 amide bonds. The number of rotatable bonds is 1. The molecular formula is C8H12O3S. The van der Waals surface area contributed by atoms with E-state index >= 15 is 0 Å². The van der Waals surface area contributed by atoms with Gasteiger partial charge in [0.25, 0.3) is 10.1 Å². The minimum atomic E-state index is -4.00. The van der Waals surface area contributed by atoms with Crippen molar-refractivity contribution in [3.05, 3.63) is 30.3 Å². The highest BCUT2D eigenvalue weighted by Crippen LogP contribution is 2.05. The average molecular weight is 188 g/mol. The smallest absolute Gasteiger partial charge is 0.282 e. The summed E-state index contributed by atoms with van der Waals surface area (Å²) in [5, 5.41) is 0. The van der Waals surface area contributed by atoms with Gasteiger partial charge in [0.15, 0.2) is 0 Å². The zero-order chi connectivity index (χ0) is 9.61. The lowest BCUT2D eigenvalue weighted by atomic mass is 10.4. The summed E-state index contributed by atoms with van der Waals surface area (Å²) < 4.78 is 29.2. The Hall–Kier alpha value is -0.870. The van der Waals surface area contributed by atoms with Crippen LogP contribution in [0.5, 0.6) is 0 Å². The van der Waals surface area contributed by atoms with Gasteiger partial charge in [0.1, 0.15) is 0 Å². The molecule has 0 fully saturated rings. The largest absolute Gasteiger partial charge is 0.294 e. The van der Waals surface area contributed by atoms with Crippen molar-refractivity contribution in [2.24, 2.45) is 0 Å². The molecule has 68 valence electrons. The van der Waals surface area contributed by atoms with Gasteiger partial charge in [-0.3, -0.25) is 4.55 Å². The van der Waals surface area contributed by atoms with Crippen LogP contribution in [0.15, 0.2) is 35.2 Å². The van der Waals surface area contributed by atoms with Gasteiger partial charge in [0, 0.05) is 0 Å². The SMILES string of the molecule is CC.O=S(=O)(O)c1ccccc1. The van der Waals surface area contributed by atoms with Crippen LogP contribution >= 0.6 is 0 Å². The molecular weight excluding hydrogens is 176 g/mol. The van der Waals surface area contributed by atoms with Gasteiger partial charge in [-0.25, -0.2) is 0 Å². The fraction of sp³-hybridized carbons (Fsp3) is 0.250. The van der Waals surface area contributed by atoms with Crippen LogP contribution in [-0.2, 0) is 10.1 Å². The molecule has 4 heteroatoms. The maximum absolute atomic E-state index is 10.4. The van der Waals surface area contributed by atoms with E-state index in [9.17, 15) is 8.42 Å². The second-order valence-corrected chi connectivity index (χ2v) is 3.21. The van der Waals surface area contributed by atoms with Crippen molar-refractivity contribution in [2.75, 3.05) is 0 Å². The van der Waals surface area contributed by atoms with E-state index in [1.165, 1.54) is 12.1 Å². The quantitative estimate of drug-likeness (QED) is 0.685. The fourth-order valence-electron chi connectivity index (χ4n) is 0.592. The van der Waals surface area contributed by atoms with Gasteiger partial charge in [-0.15, -0.1) is 0 Å². The van der Waals surface area contributed by atoms with Gasteiger partial charge in [0.2, 0.25) is 0 Å². The van der Waals surface area contributed by atoms with E-state index in [4.69, 9.17) is 4.55 Å². The van der Waals surface area contributed by atoms with E-state index in [-0.39, 0.29) is 4.90 Å². The number of hydrogen-bond acceptors (Lipinski definition) is 2. The molecule has 0 unspecified atom stereocenters. The Morgan fingerprint density at radius 2 is 1.50 bits per heavy atom. The highest BCUT2D eigenvalue weighted by atomic mass is 32.2. The molecule has 1 aromatic rings. The van der Waals surface area contributed by atoms with Crippen molar-refractivity contribution in [3.8, 4) is 0 Å². The van der Waals surface area contributed by atoms with Crippen LogP contribution in [0, 0.1) is 0 Å². The Bertz CT molecular complexity index is 302. The van der Waals surface area contributed by atoms with Gasteiger partial charge in [-0.1, -0.05) is 32.0 Å². The van der Waals surface area contributed by atoms with E-state index < -0.39 is 10.1 Å². The molecule has 0 saturated heterocycles. The number of hydrogen-bond donors (Lipinski definition) is 1. The van der Waals surface area contributed by atoms with E-state index in [2.05, 4.69) is 0 Å². The Morgan fingerprint density at radius 1 is 1.08 bits per heavy atom. The van der Waals surface area contributed by atoms with Crippen LogP contribution in [0.3, 0.4) is 0 Å². The molecule has 3 nitrogen and oxygen atoms in total. The van der Waals surface area contributed by atoms with Crippen LogP contribution < -0.4 is 0 Å². The van der Waals surface area contributed by atoms with Crippen LogP contribution in [0.4, 0.5) is 0 Å². The molecule has 0 radical (unpaired) electrons. The predicted molar refractivity (Wildman–Crippen MR) is 47.6 cm³/mol. The Morgan fingerprint density at radius 3 is 1.75 bits per heavy atom. The molecule has 1 aromatic carbocycles. The monoisotopic (exact) mass is 188 g/mol. The van der Waals surface area contributed by atoms with Crippen molar-refractivity contribution in [2.45, 2.75) is 18.7 Å². The summed E-state index contributed by atoms with van der Waals surface area (Å²) in [6.45, 7) is 4.00. The zero-order valence-corrected chi connectivity index (χ0v) is 7.88. The van der Waals surface area contributed by atoms with Gasteiger partial charge in [-0.2, -0.15) is 8.42 Å². The third-order valence-electron chi connectivity index (χ3n) is 1.04.